The molecule has 1 N–H and O–H groups in total. The monoisotopic (exact) mass is 543 g/mol. The van der Waals surface area contributed by atoms with Crippen molar-refractivity contribution in [3.63, 3.8) is 0 Å². The molecule has 1 amide bonds. The molecule has 4 aromatic rings. The number of rotatable bonds is 10. The lowest BCUT2D eigenvalue weighted by Crippen LogP contribution is -2.33. The fraction of sp³-hybridized carbons (Fsp3) is 0.138. The number of nitro benzene ring substituents is 1. The van der Waals surface area contributed by atoms with Crippen LogP contribution in [-0.4, -0.2) is 43.3 Å². The van der Waals surface area contributed by atoms with Gasteiger partial charge in [-0.3, -0.25) is 14.9 Å². The number of nitrogens with one attached hydrogen (secondary N) is 1. The fourth-order valence-electron chi connectivity index (χ4n) is 3.78. The summed E-state index contributed by atoms with van der Waals surface area (Å²) in [5.41, 5.74) is 3.04. The Morgan fingerprint density at radius 3 is 2.33 bits per heavy atom. The molecule has 0 bridgehead atoms. The summed E-state index contributed by atoms with van der Waals surface area (Å²) in [7, 11) is 2.97. The quantitative estimate of drug-likeness (QED) is 0.0980. The van der Waals surface area contributed by atoms with Crippen LogP contribution in [0.4, 0.5) is 5.69 Å². The number of hydrogen-bond donors (Lipinski definition) is 1. The number of hydrogen-bond acceptors (Lipinski definition) is 9. The molecule has 0 fully saturated rings. The van der Waals surface area contributed by atoms with E-state index in [0.29, 0.717) is 17.1 Å². The Bertz CT molecular complexity index is 1580. The average Bonchev–Trinajstić information content (AvgIpc) is 2.97. The Morgan fingerprint density at radius 1 is 0.925 bits per heavy atom. The van der Waals surface area contributed by atoms with Crippen LogP contribution < -0.4 is 24.4 Å². The summed E-state index contributed by atoms with van der Waals surface area (Å²) < 4.78 is 21.8. The number of ether oxygens (including phenoxy) is 4. The van der Waals surface area contributed by atoms with Crippen molar-refractivity contribution in [2.45, 2.75) is 13.0 Å². The van der Waals surface area contributed by atoms with Gasteiger partial charge in [0.15, 0.2) is 17.6 Å². The Labute approximate surface area is 229 Å². The summed E-state index contributed by atoms with van der Waals surface area (Å²) in [5, 5.41) is 16.5. The van der Waals surface area contributed by atoms with Crippen molar-refractivity contribution >= 4 is 34.6 Å². The number of nitrogens with zero attached hydrogens (tertiary/aromatic N) is 2. The van der Waals surface area contributed by atoms with E-state index in [0.717, 1.165) is 10.8 Å². The molecule has 40 heavy (non-hydrogen) atoms. The number of nitro groups is 1. The highest BCUT2D eigenvalue weighted by atomic mass is 16.6. The molecule has 1 unspecified atom stereocenters. The van der Waals surface area contributed by atoms with E-state index < -0.39 is 22.9 Å². The lowest BCUT2D eigenvalue weighted by Gasteiger charge is -2.13. The van der Waals surface area contributed by atoms with Crippen molar-refractivity contribution in [1.82, 2.24) is 5.43 Å². The predicted octanol–water partition coefficient (Wildman–Crippen LogP) is 4.90. The third-order valence-electron chi connectivity index (χ3n) is 5.85. The minimum atomic E-state index is -0.950. The first kappa shape index (κ1) is 27.6. The van der Waals surface area contributed by atoms with Crippen LogP contribution in [0.5, 0.6) is 23.0 Å². The molecule has 1 atom stereocenters. The standard InChI is InChI=1S/C29H25N3O8/c1-18(39-22-12-10-21(11-13-22)32(35)36)28(33)31-30-17-24-23-7-5-4-6-19(23)8-14-25(24)40-29(34)20-9-15-26(37-2)27(16-20)38-3/h4-18H,1-3H3,(H,31,33)/b30-17+. The molecule has 204 valence electrons. The van der Waals surface area contributed by atoms with E-state index >= 15 is 0 Å². The highest BCUT2D eigenvalue weighted by molar-refractivity contribution is 6.04. The fourth-order valence-corrected chi connectivity index (χ4v) is 3.78. The van der Waals surface area contributed by atoms with Gasteiger partial charge in [0.2, 0.25) is 0 Å². The van der Waals surface area contributed by atoms with Crippen molar-refractivity contribution in [3.8, 4) is 23.0 Å². The number of hydrazone groups is 1. The van der Waals surface area contributed by atoms with Crippen molar-refractivity contribution in [2.75, 3.05) is 14.2 Å². The number of non-ortho nitro benzene ring substituents is 1. The molecule has 0 radical (unpaired) electrons. The van der Waals surface area contributed by atoms with E-state index in [2.05, 4.69) is 10.5 Å². The molecule has 4 aromatic carbocycles. The van der Waals surface area contributed by atoms with Gasteiger partial charge in [-0.15, -0.1) is 0 Å². The molecule has 11 nitrogen and oxygen atoms in total. The molecule has 0 saturated heterocycles. The van der Waals surface area contributed by atoms with Crippen LogP contribution in [0, 0.1) is 10.1 Å². The first-order valence-electron chi connectivity index (χ1n) is 12.0. The molecule has 0 saturated carbocycles. The van der Waals surface area contributed by atoms with Crippen molar-refractivity contribution in [1.29, 1.82) is 0 Å². The van der Waals surface area contributed by atoms with Crippen LogP contribution in [0.1, 0.15) is 22.8 Å². The molecule has 0 aromatic heterocycles. The molecule has 4 rings (SSSR count). The van der Waals surface area contributed by atoms with Crippen LogP contribution in [-0.2, 0) is 4.79 Å². The van der Waals surface area contributed by atoms with Gasteiger partial charge in [-0.05, 0) is 54.1 Å². The third kappa shape index (κ3) is 6.33. The van der Waals surface area contributed by atoms with E-state index in [4.69, 9.17) is 18.9 Å². The van der Waals surface area contributed by atoms with Gasteiger partial charge in [-0.2, -0.15) is 5.10 Å². The Morgan fingerprint density at radius 2 is 1.62 bits per heavy atom. The van der Waals surface area contributed by atoms with Gasteiger partial charge in [0, 0.05) is 17.7 Å². The average molecular weight is 544 g/mol. The zero-order valence-corrected chi connectivity index (χ0v) is 21.8. The molecule has 0 aliphatic carbocycles. The maximum absolute atomic E-state index is 13.0. The molecular formula is C29H25N3O8. The third-order valence-corrected chi connectivity index (χ3v) is 5.85. The second-order valence-electron chi connectivity index (χ2n) is 8.40. The molecule has 0 heterocycles. The second kappa shape index (κ2) is 12.4. The van der Waals surface area contributed by atoms with E-state index in [9.17, 15) is 19.7 Å². The van der Waals surface area contributed by atoms with Gasteiger partial charge in [0.25, 0.3) is 11.6 Å². The van der Waals surface area contributed by atoms with Crippen LogP contribution in [0.15, 0.2) is 84.0 Å². The Balaban J connectivity index is 1.52. The molecule has 0 spiro atoms. The number of benzene rings is 4. The van der Waals surface area contributed by atoms with E-state index in [1.54, 1.807) is 18.2 Å². The molecule has 11 heteroatoms. The van der Waals surface area contributed by atoms with E-state index in [1.165, 1.54) is 57.7 Å². The molecule has 0 aliphatic heterocycles. The number of methoxy groups -OCH3 is 2. The topological polar surface area (TPSA) is 139 Å². The maximum atomic E-state index is 13.0. The number of carbonyl (C=O) groups excluding carboxylic acids is 2. The summed E-state index contributed by atoms with van der Waals surface area (Å²) in [4.78, 5) is 35.8. The van der Waals surface area contributed by atoms with Gasteiger partial charge in [-0.1, -0.05) is 30.3 Å². The number of fused-ring (bicyclic) bond motifs is 1. The van der Waals surface area contributed by atoms with Gasteiger partial charge in [-0.25, -0.2) is 10.2 Å². The second-order valence-corrected chi connectivity index (χ2v) is 8.40. The summed E-state index contributed by atoms with van der Waals surface area (Å²) in [6.07, 6.45) is 0.434. The lowest BCUT2D eigenvalue weighted by atomic mass is 10.0. The zero-order valence-electron chi connectivity index (χ0n) is 21.8. The van der Waals surface area contributed by atoms with E-state index in [1.807, 2.05) is 30.3 Å². The summed E-state index contributed by atoms with van der Waals surface area (Å²) in [6.45, 7) is 1.51. The first-order valence-corrected chi connectivity index (χ1v) is 12.0. The maximum Gasteiger partial charge on any atom is 0.343 e. The predicted molar refractivity (Wildman–Crippen MR) is 147 cm³/mol. The Hall–Kier alpha value is -5.45. The lowest BCUT2D eigenvalue weighted by molar-refractivity contribution is -0.384. The van der Waals surface area contributed by atoms with Crippen LogP contribution in [0.2, 0.25) is 0 Å². The first-order chi connectivity index (χ1) is 19.3. The summed E-state index contributed by atoms with van der Waals surface area (Å²) >= 11 is 0. The van der Waals surface area contributed by atoms with Crippen molar-refractivity contribution < 1.29 is 33.5 Å². The number of esters is 1. The SMILES string of the molecule is COc1ccc(C(=O)Oc2ccc3ccccc3c2/C=N/NC(=O)C(C)Oc2ccc([N+](=O)[O-])cc2)cc1OC. The van der Waals surface area contributed by atoms with Gasteiger partial charge >= 0.3 is 5.97 Å². The van der Waals surface area contributed by atoms with Crippen molar-refractivity contribution in [3.05, 3.63) is 100 Å². The number of carbonyl (C=O) groups is 2. The summed E-state index contributed by atoms with van der Waals surface area (Å²) in [5.74, 6) is 0.186. The minimum absolute atomic E-state index is 0.0909. The van der Waals surface area contributed by atoms with Crippen LogP contribution >= 0.6 is 0 Å². The van der Waals surface area contributed by atoms with Gasteiger partial charge < -0.3 is 18.9 Å². The van der Waals surface area contributed by atoms with Crippen LogP contribution in [0.25, 0.3) is 10.8 Å². The molecular weight excluding hydrogens is 518 g/mol. The van der Waals surface area contributed by atoms with Gasteiger partial charge in [0.1, 0.15) is 11.5 Å². The molecule has 0 aliphatic rings. The highest BCUT2D eigenvalue weighted by Gasteiger charge is 2.17. The Kier molecular flexibility index (Phi) is 8.55. The highest BCUT2D eigenvalue weighted by Crippen LogP contribution is 2.30. The smallest absolute Gasteiger partial charge is 0.343 e. The van der Waals surface area contributed by atoms with Crippen molar-refractivity contribution in [2.24, 2.45) is 5.10 Å². The van der Waals surface area contributed by atoms with Crippen LogP contribution in [0.3, 0.4) is 0 Å². The minimum Gasteiger partial charge on any atom is -0.493 e. The largest absolute Gasteiger partial charge is 0.493 e. The van der Waals surface area contributed by atoms with E-state index in [-0.39, 0.29) is 22.7 Å². The number of amides is 1. The van der Waals surface area contributed by atoms with Gasteiger partial charge in [0.05, 0.1) is 30.9 Å². The normalized spacial score (nSPS) is 11.6. The summed E-state index contributed by atoms with van der Waals surface area (Å²) in [6, 6.07) is 20.9. The zero-order chi connectivity index (χ0) is 28.6.